The summed E-state index contributed by atoms with van der Waals surface area (Å²) in [5.74, 6) is 1.11. The highest BCUT2D eigenvalue weighted by molar-refractivity contribution is 6.05. The summed E-state index contributed by atoms with van der Waals surface area (Å²) in [6.45, 7) is 1.95. The van der Waals surface area contributed by atoms with Crippen molar-refractivity contribution in [2.45, 2.75) is 50.9 Å². The van der Waals surface area contributed by atoms with E-state index in [4.69, 9.17) is 0 Å². The molecule has 156 valence electrons. The van der Waals surface area contributed by atoms with E-state index >= 15 is 0 Å². The molecule has 5 nitrogen and oxygen atoms in total. The highest BCUT2D eigenvalue weighted by Gasteiger charge is 2.51. The zero-order chi connectivity index (χ0) is 21.0. The maximum atomic E-state index is 14.1. The SMILES string of the molecule is Cc1cc(C23CC4CC(CC(C4)C2)C3)ccc1NC(=O)c1cc([N+](=O)[O-])ccc1F. The Balaban J connectivity index is 1.39. The molecule has 4 aliphatic rings. The van der Waals surface area contributed by atoms with Crippen molar-refractivity contribution in [1.82, 2.24) is 0 Å². The number of anilines is 1. The van der Waals surface area contributed by atoms with E-state index in [9.17, 15) is 19.3 Å². The standard InChI is InChI=1S/C24H25FN2O3/c1-14-6-18(24-11-15-7-16(12-24)9-17(8-15)13-24)2-5-22(14)26-23(28)20-10-19(27(29)30)3-4-21(20)25/h2-6,10,15-17H,7-9,11-13H2,1H3,(H,26,28). The Morgan fingerprint density at radius 2 is 1.70 bits per heavy atom. The number of carbonyl (C=O) groups excluding carboxylic acids is 1. The normalized spacial score (nSPS) is 29.1. The summed E-state index contributed by atoms with van der Waals surface area (Å²) in [4.78, 5) is 22.9. The zero-order valence-corrected chi connectivity index (χ0v) is 17.0. The van der Waals surface area contributed by atoms with Crippen LogP contribution in [0.15, 0.2) is 36.4 Å². The summed E-state index contributed by atoms with van der Waals surface area (Å²) in [5, 5.41) is 13.7. The molecule has 0 unspecified atom stereocenters. The van der Waals surface area contributed by atoms with Crippen molar-refractivity contribution in [3.8, 4) is 0 Å². The molecule has 0 spiro atoms. The van der Waals surface area contributed by atoms with Crippen LogP contribution in [0.1, 0.15) is 60.0 Å². The van der Waals surface area contributed by atoms with Crippen LogP contribution in [0.2, 0.25) is 0 Å². The first-order chi connectivity index (χ1) is 14.3. The number of aryl methyl sites for hydroxylation is 1. The Morgan fingerprint density at radius 3 is 2.27 bits per heavy atom. The van der Waals surface area contributed by atoms with Crippen molar-refractivity contribution in [1.29, 1.82) is 0 Å². The minimum Gasteiger partial charge on any atom is -0.322 e. The van der Waals surface area contributed by atoms with Crippen LogP contribution in [0.25, 0.3) is 0 Å². The summed E-state index contributed by atoms with van der Waals surface area (Å²) in [6, 6.07) is 9.17. The molecule has 2 aromatic carbocycles. The maximum Gasteiger partial charge on any atom is 0.270 e. The first-order valence-electron chi connectivity index (χ1n) is 10.7. The van der Waals surface area contributed by atoms with E-state index < -0.39 is 16.6 Å². The highest BCUT2D eigenvalue weighted by Crippen LogP contribution is 2.60. The van der Waals surface area contributed by atoms with Gasteiger partial charge in [0.1, 0.15) is 5.82 Å². The summed E-state index contributed by atoms with van der Waals surface area (Å²) in [5.41, 5.74) is 2.54. The number of nitrogens with one attached hydrogen (secondary N) is 1. The predicted octanol–water partition coefficient (Wildman–Crippen LogP) is 5.76. The van der Waals surface area contributed by atoms with Crippen molar-refractivity contribution >= 4 is 17.3 Å². The van der Waals surface area contributed by atoms with Gasteiger partial charge < -0.3 is 5.32 Å². The fourth-order valence-corrected chi connectivity index (χ4v) is 6.59. The molecule has 1 amide bonds. The average Bonchev–Trinajstić information content (AvgIpc) is 2.68. The summed E-state index contributed by atoms with van der Waals surface area (Å²) < 4.78 is 14.1. The van der Waals surface area contributed by atoms with Gasteiger partial charge in [0, 0.05) is 17.8 Å². The molecule has 2 aromatic rings. The quantitative estimate of drug-likeness (QED) is 0.516. The second kappa shape index (κ2) is 6.89. The van der Waals surface area contributed by atoms with Gasteiger partial charge in [-0.15, -0.1) is 0 Å². The van der Waals surface area contributed by atoms with Crippen molar-refractivity contribution in [3.05, 3.63) is 69.0 Å². The van der Waals surface area contributed by atoms with Crippen molar-refractivity contribution < 1.29 is 14.1 Å². The molecule has 4 saturated carbocycles. The molecule has 4 aliphatic carbocycles. The van der Waals surface area contributed by atoms with Gasteiger partial charge in [-0.25, -0.2) is 4.39 Å². The molecule has 4 fully saturated rings. The summed E-state index contributed by atoms with van der Waals surface area (Å²) in [6.07, 6.45) is 7.97. The van der Waals surface area contributed by atoms with Gasteiger partial charge in [-0.05, 0) is 91.9 Å². The maximum absolute atomic E-state index is 14.1. The highest BCUT2D eigenvalue weighted by atomic mass is 19.1. The smallest absolute Gasteiger partial charge is 0.270 e. The Bertz CT molecular complexity index is 1010. The lowest BCUT2D eigenvalue weighted by atomic mass is 9.48. The van der Waals surface area contributed by atoms with E-state index in [2.05, 4.69) is 17.4 Å². The number of carbonyl (C=O) groups is 1. The van der Waals surface area contributed by atoms with Gasteiger partial charge in [0.25, 0.3) is 11.6 Å². The average molecular weight is 408 g/mol. The van der Waals surface area contributed by atoms with E-state index in [1.54, 1.807) is 0 Å². The van der Waals surface area contributed by atoms with Gasteiger partial charge in [0.15, 0.2) is 0 Å². The number of hydrogen-bond donors (Lipinski definition) is 1. The molecule has 0 saturated heterocycles. The minimum atomic E-state index is -0.777. The Hall–Kier alpha value is -2.76. The van der Waals surface area contributed by atoms with Crippen LogP contribution in [-0.4, -0.2) is 10.8 Å². The lowest BCUT2D eigenvalue weighted by Crippen LogP contribution is -2.48. The van der Waals surface area contributed by atoms with Gasteiger partial charge in [-0.1, -0.05) is 12.1 Å². The molecule has 0 atom stereocenters. The van der Waals surface area contributed by atoms with Crippen LogP contribution < -0.4 is 5.32 Å². The first-order valence-corrected chi connectivity index (χ1v) is 10.7. The number of amides is 1. The largest absolute Gasteiger partial charge is 0.322 e. The third-order valence-electron chi connectivity index (χ3n) is 7.53. The van der Waals surface area contributed by atoms with E-state index in [1.807, 2.05) is 13.0 Å². The number of nitrogens with zero attached hydrogens (tertiary/aromatic N) is 1. The molecule has 0 radical (unpaired) electrons. The third kappa shape index (κ3) is 3.18. The number of nitro benzene ring substituents is 1. The van der Waals surface area contributed by atoms with Crippen LogP contribution >= 0.6 is 0 Å². The Labute approximate surface area is 174 Å². The fourth-order valence-electron chi connectivity index (χ4n) is 6.59. The predicted molar refractivity (Wildman–Crippen MR) is 112 cm³/mol. The number of rotatable bonds is 4. The van der Waals surface area contributed by atoms with Gasteiger partial charge in [-0.2, -0.15) is 0 Å². The lowest BCUT2D eigenvalue weighted by molar-refractivity contribution is -0.384. The van der Waals surface area contributed by atoms with Crippen molar-refractivity contribution in [2.24, 2.45) is 17.8 Å². The molecule has 1 N–H and O–H groups in total. The third-order valence-corrected chi connectivity index (χ3v) is 7.53. The fraction of sp³-hybridized carbons (Fsp3) is 0.458. The zero-order valence-electron chi connectivity index (χ0n) is 17.0. The molecular formula is C24H25FN2O3. The van der Waals surface area contributed by atoms with Crippen LogP contribution in [-0.2, 0) is 5.41 Å². The summed E-state index contributed by atoms with van der Waals surface area (Å²) >= 11 is 0. The van der Waals surface area contributed by atoms with E-state index in [0.717, 1.165) is 41.5 Å². The van der Waals surface area contributed by atoms with Gasteiger partial charge in [-0.3, -0.25) is 14.9 Å². The Morgan fingerprint density at radius 1 is 1.07 bits per heavy atom. The molecule has 0 heterocycles. The molecule has 30 heavy (non-hydrogen) atoms. The summed E-state index contributed by atoms with van der Waals surface area (Å²) in [7, 11) is 0. The van der Waals surface area contributed by atoms with Crippen LogP contribution in [0.4, 0.5) is 15.8 Å². The van der Waals surface area contributed by atoms with E-state index in [1.165, 1.54) is 44.1 Å². The molecule has 6 rings (SSSR count). The second-order valence-electron chi connectivity index (χ2n) is 9.60. The molecule has 0 aromatic heterocycles. The van der Waals surface area contributed by atoms with E-state index in [-0.39, 0.29) is 16.7 Å². The van der Waals surface area contributed by atoms with Crippen molar-refractivity contribution in [2.75, 3.05) is 5.32 Å². The molecule has 4 bridgehead atoms. The lowest BCUT2D eigenvalue weighted by Gasteiger charge is -2.57. The van der Waals surface area contributed by atoms with Gasteiger partial charge in [0.05, 0.1) is 10.5 Å². The second-order valence-corrected chi connectivity index (χ2v) is 9.60. The van der Waals surface area contributed by atoms with Gasteiger partial charge in [0.2, 0.25) is 0 Å². The number of nitro groups is 1. The number of hydrogen-bond acceptors (Lipinski definition) is 3. The molecular weight excluding hydrogens is 383 g/mol. The number of halogens is 1. The van der Waals surface area contributed by atoms with Crippen LogP contribution in [0.5, 0.6) is 0 Å². The minimum absolute atomic E-state index is 0.272. The molecule has 6 heteroatoms. The van der Waals surface area contributed by atoms with Crippen LogP contribution in [0, 0.1) is 40.6 Å². The Kier molecular flexibility index (Phi) is 4.42. The molecule has 0 aliphatic heterocycles. The topological polar surface area (TPSA) is 72.2 Å². The first kappa shape index (κ1) is 19.2. The van der Waals surface area contributed by atoms with E-state index in [0.29, 0.717) is 5.69 Å². The monoisotopic (exact) mass is 408 g/mol. The number of benzene rings is 2. The van der Waals surface area contributed by atoms with Crippen LogP contribution in [0.3, 0.4) is 0 Å². The number of non-ortho nitro benzene ring substituents is 1. The van der Waals surface area contributed by atoms with Crippen molar-refractivity contribution in [3.63, 3.8) is 0 Å². The van der Waals surface area contributed by atoms with Gasteiger partial charge >= 0.3 is 0 Å².